The Bertz CT molecular complexity index is 295. The Morgan fingerprint density at radius 1 is 1.31 bits per heavy atom. The van der Waals surface area contributed by atoms with Crippen molar-refractivity contribution < 1.29 is 0 Å². The van der Waals surface area contributed by atoms with E-state index in [4.69, 9.17) is 5.73 Å². The molecule has 1 radical (unpaired) electrons. The van der Waals surface area contributed by atoms with Gasteiger partial charge in [0, 0.05) is 0 Å². The summed E-state index contributed by atoms with van der Waals surface area (Å²) in [5, 5.41) is 3.43. The van der Waals surface area contributed by atoms with Crippen molar-refractivity contribution in [2.45, 2.75) is 12.5 Å². The first kappa shape index (κ1) is 12.9. The minimum absolute atomic E-state index is 0.197. The summed E-state index contributed by atoms with van der Waals surface area (Å²) < 4.78 is 0. The minimum atomic E-state index is 0.197. The molecule has 0 bridgehead atoms. The average Bonchev–Trinajstić information content (AvgIpc) is 2.31. The molecule has 2 heteroatoms. The second-order valence-electron chi connectivity index (χ2n) is 3.98. The Labute approximate surface area is 98.6 Å². The van der Waals surface area contributed by atoms with Gasteiger partial charge in [0.1, 0.15) is 0 Å². The third-order valence-corrected chi connectivity index (χ3v) is 2.60. The van der Waals surface area contributed by atoms with Crippen LogP contribution in [0.2, 0.25) is 0 Å². The molecule has 2 unspecified atom stereocenters. The lowest BCUT2D eigenvalue weighted by Gasteiger charge is -2.18. The van der Waals surface area contributed by atoms with Crippen molar-refractivity contribution in [2.75, 3.05) is 13.1 Å². The summed E-state index contributed by atoms with van der Waals surface area (Å²) in [7, 11) is 0. The van der Waals surface area contributed by atoms with Gasteiger partial charge in [0.15, 0.2) is 0 Å². The van der Waals surface area contributed by atoms with E-state index in [-0.39, 0.29) is 6.04 Å². The molecule has 0 amide bonds. The van der Waals surface area contributed by atoms with Crippen LogP contribution >= 0.6 is 0 Å². The Balaban J connectivity index is 2.47. The smallest absolute Gasteiger partial charge is 0.0503 e. The summed E-state index contributed by atoms with van der Waals surface area (Å²) in [4.78, 5) is 0. The van der Waals surface area contributed by atoms with E-state index in [9.17, 15) is 0 Å². The van der Waals surface area contributed by atoms with Gasteiger partial charge in [-0.2, -0.15) is 0 Å². The number of benzene rings is 1. The molecule has 0 saturated carbocycles. The molecule has 1 aromatic rings. The summed E-state index contributed by atoms with van der Waals surface area (Å²) >= 11 is 0. The predicted molar refractivity (Wildman–Crippen MR) is 69.9 cm³/mol. The van der Waals surface area contributed by atoms with Crippen LogP contribution in [0.3, 0.4) is 0 Å². The SMILES string of the molecule is [CH2]C(CCN)CNC(C=C)c1ccccc1. The van der Waals surface area contributed by atoms with Gasteiger partial charge in [0.05, 0.1) is 6.04 Å². The number of nitrogens with two attached hydrogens (primary N) is 1. The van der Waals surface area contributed by atoms with Crippen LogP contribution in [0.1, 0.15) is 18.0 Å². The van der Waals surface area contributed by atoms with Gasteiger partial charge >= 0.3 is 0 Å². The van der Waals surface area contributed by atoms with Crippen LogP contribution in [0.25, 0.3) is 0 Å². The van der Waals surface area contributed by atoms with Crippen molar-refractivity contribution in [1.82, 2.24) is 5.32 Å². The molecule has 0 aliphatic carbocycles. The van der Waals surface area contributed by atoms with Crippen LogP contribution in [0.15, 0.2) is 43.0 Å². The summed E-state index contributed by atoms with van der Waals surface area (Å²) in [6.07, 6.45) is 2.87. The van der Waals surface area contributed by atoms with Gasteiger partial charge in [-0.15, -0.1) is 6.58 Å². The molecule has 0 aliphatic heterocycles. The highest BCUT2D eigenvalue weighted by Gasteiger charge is 2.07. The average molecular weight is 217 g/mol. The van der Waals surface area contributed by atoms with Gasteiger partial charge in [0.25, 0.3) is 0 Å². The summed E-state index contributed by atoms with van der Waals surface area (Å²) in [5.41, 5.74) is 6.73. The number of rotatable bonds is 7. The maximum atomic E-state index is 5.49. The molecule has 2 nitrogen and oxygen atoms in total. The topological polar surface area (TPSA) is 38.0 Å². The van der Waals surface area contributed by atoms with Gasteiger partial charge in [-0.05, 0) is 37.9 Å². The second-order valence-corrected chi connectivity index (χ2v) is 3.98. The lowest BCUT2D eigenvalue weighted by atomic mass is 10.0. The highest BCUT2D eigenvalue weighted by atomic mass is 14.9. The first-order chi connectivity index (χ1) is 7.77. The van der Waals surface area contributed by atoms with E-state index in [1.54, 1.807) is 0 Å². The Hall–Kier alpha value is -1.12. The molecule has 1 rings (SSSR count). The number of hydrogen-bond acceptors (Lipinski definition) is 2. The maximum Gasteiger partial charge on any atom is 0.0503 e. The Morgan fingerprint density at radius 2 is 2.00 bits per heavy atom. The van der Waals surface area contributed by atoms with Crippen molar-refractivity contribution >= 4 is 0 Å². The van der Waals surface area contributed by atoms with E-state index in [1.165, 1.54) is 5.56 Å². The highest BCUT2D eigenvalue weighted by Crippen LogP contribution is 2.13. The molecule has 0 heterocycles. The van der Waals surface area contributed by atoms with Crippen molar-refractivity contribution in [2.24, 2.45) is 11.7 Å². The van der Waals surface area contributed by atoms with E-state index >= 15 is 0 Å². The van der Waals surface area contributed by atoms with E-state index < -0.39 is 0 Å². The monoisotopic (exact) mass is 217 g/mol. The molecule has 16 heavy (non-hydrogen) atoms. The fourth-order valence-corrected chi connectivity index (χ4v) is 1.63. The first-order valence-corrected chi connectivity index (χ1v) is 5.72. The van der Waals surface area contributed by atoms with Gasteiger partial charge in [-0.1, -0.05) is 36.4 Å². The molecule has 0 fully saturated rings. The van der Waals surface area contributed by atoms with Crippen LogP contribution in [0, 0.1) is 12.8 Å². The highest BCUT2D eigenvalue weighted by molar-refractivity contribution is 5.22. The zero-order valence-corrected chi connectivity index (χ0v) is 9.73. The van der Waals surface area contributed by atoms with E-state index in [1.807, 2.05) is 24.3 Å². The molecule has 0 saturated heterocycles. The molecule has 3 N–H and O–H groups in total. The van der Waals surface area contributed by atoms with E-state index in [2.05, 4.69) is 31.0 Å². The fourth-order valence-electron chi connectivity index (χ4n) is 1.63. The fraction of sp³-hybridized carbons (Fsp3) is 0.357. The summed E-state index contributed by atoms with van der Waals surface area (Å²) in [6.45, 7) is 9.46. The third-order valence-electron chi connectivity index (χ3n) is 2.60. The van der Waals surface area contributed by atoms with Crippen LogP contribution in [-0.4, -0.2) is 13.1 Å². The maximum absolute atomic E-state index is 5.49. The van der Waals surface area contributed by atoms with Crippen LogP contribution in [-0.2, 0) is 0 Å². The van der Waals surface area contributed by atoms with Crippen LogP contribution in [0.5, 0.6) is 0 Å². The summed E-state index contributed by atoms with van der Waals surface area (Å²) in [5.74, 6) is 0.358. The normalized spacial score (nSPS) is 14.4. The lowest BCUT2D eigenvalue weighted by Crippen LogP contribution is -2.26. The van der Waals surface area contributed by atoms with Crippen molar-refractivity contribution in [3.8, 4) is 0 Å². The number of hydrogen-bond donors (Lipinski definition) is 2. The third kappa shape index (κ3) is 4.17. The Kier molecular flexibility index (Phi) is 5.83. The lowest BCUT2D eigenvalue weighted by molar-refractivity contribution is 0.502. The van der Waals surface area contributed by atoms with Crippen molar-refractivity contribution in [3.63, 3.8) is 0 Å². The van der Waals surface area contributed by atoms with Crippen molar-refractivity contribution in [3.05, 3.63) is 55.5 Å². The molecule has 0 spiro atoms. The number of nitrogens with one attached hydrogen (secondary N) is 1. The molecule has 0 aromatic heterocycles. The van der Waals surface area contributed by atoms with E-state index in [0.29, 0.717) is 12.5 Å². The molecule has 2 atom stereocenters. The largest absolute Gasteiger partial charge is 0.330 e. The quantitative estimate of drug-likeness (QED) is 0.688. The van der Waals surface area contributed by atoms with Crippen LogP contribution < -0.4 is 11.1 Å². The zero-order valence-electron chi connectivity index (χ0n) is 9.73. The molecule has 1 aromatic carbocycles. The van der Waals surface area contributed by atoms with Gasteiger partial charge in [-0.25, -0.2) is 0 Å². The van der Waals surface area contributed by atoms with Crippen LogP contribution in [0.4, 0.5) is 0 Å². The summed E-state index contributed by atoms with van der Waals surface area (Å²) in [6, 6.07) is 10.5. The molecular formula is C14H21N2. The molecule has 87 valence electrons. The zero-order chi connectivity index (χ0) is 11.8. The van der Waals surface area contributed by atoms with Gasteiger partial charge in [0.2, 0.25) is 0 Å². The molecule has 0 aliphatic rings. The van der Waals surface area contributed by atoms with Gasteiger partial charge in [-0.3, -0.25) is 0 Å². The first-order valence-electron chi connectivity index (χ1n) is 5.72. The minimum Gasteiger partial charge on any atom is -0.330 e. The van der Waals surface area contributed by atoms with Crippen molar-refractivity contribution in [1.29, 1.82) is 0 Å². The second kappa shape index (κ2) is 7.20. The molecular weight excluding hydrogens is 196 g/mol. The van der Waals surface area contributed by atoms with Gasteiger partial charge < -0.3 is 11.1 Å². The predicted octanol–water partition coefficient (Wildman–Crippen LogP) is 2.30. The standard InChI is InChI=1S/C14H21N2/c1-3-14(13-7-5-4-6-8-13)16-11-12(2)9-10-15/h3-8,12,14,16H,1-2,9-11,15H2. The Morgan fingerprint density at radius 3 is 2.56 bits per heavy atom. The van der Waals surface area contributed by atoms with E-state index in [0.717, 1.165) is 13.0 Å².